The number of rotatable bonds is 3. The largest absolute Gasteiger partial charge is 0.492 e. The minimum absolute atomic E-state index is 0.161. The van der Waals surface area contributed by atoms with Crippen molar-refractivity contribution in [3.8, 4) is 5.75 Å². The van der Waals surface area contributed by atoms with Crippen LogP contribution in [-0.2, 0) is 15.8 Å². The van der Waals surface area contributed by atoms with Gasteiger partial charge in [0, 0.05) is 6.61 Å². The molecule has 1 fully saturated rings. The van der Waals surface area contributed by atoms with Crippen LogP contribution in [-0.4, -0.2) is 32.3 Å². The summed E-state index contributed by atoms with van der Waals surface area (Å²) in [5.74, 6) is 0.315. The number of aromatic nitrogens is 2. The van der Waals surface area contributed by atoms with Gasteiger partial charge in [-0.1, -0.05) is 0 Å². The monoisotopic (exact) mass is 246 g/mol. The average Bonchev–Trinajstić information content (AvgIpc) is 2.73. The predicted octanol–water partition coefficient (Wildman–Crippen LogP) is 1.17. The lowest BCUT2D eigenvalue weighted by Crippen LogP contribution is -2.21. The molecular formula is C9H14N2O4S. The van der Waals surface area contributed by atoms with Gasteiger partial charge in [-0.25, -0.2) is 8.89 Å². The van der Waals surface area contributed by atoms with Crippen molar-refractivity contribution in [2.45, 2.75) is 30.5 Å². The maximum Gasteiger partial charge on any atom is 0.209 e. The van der Waals surface area contributed by atoms with E-state index in [9.17, 15) is 8.76 Å². The summed E-state index contributed by atoms with van der Waals surface area (Å²) in [4.78, 5) is 0. The zero-order valence-electron chi connectivity index (χ0n) is 8.96. The molecule has 2 rings (SSSR count). The van der Waals surface area contributed by atoms with Crippen molar-refractivity contribution in [3.63, 3.8) is 0 Å². The normalized spacial score (nSPS) is 23.0. The first-order chi connectivity index (χ1) is 7.74. The molecule has 1 aromatic heterocycles. The third kappa shape index (κ3) is 2.11. The van der Waals surface area contributed by atoms with Gasteiger partial charge in [0.05, 0.1) is 13.3 Å². The van der Waals surface area contributed by atoms with Gasteiger partial charge in [0.2, 0.25) is 11.1 Å². The Morgan fingerprint density at radius 3 is 3.06 bits per heavy atom. The summed E-state index contributed by atoms with van der Waals surface area (Å²) in [7, 11) is 1.44. The third-order valence-electron chi connectivity index (χ3n) is 2.53. The minimum atomic E-state index is -2.13. The van der Waals surface area contributed by atoms with Crippen molar-refractivity contribution >= 4 is 11.1 Å². The Kier molecular flexibility index (Phi) is 3.57. The van der Waals surface area contributed by atoms with Crippen LogP contribution < -0.4 is 4.74 Å². The highest BCUT2D eigenvalue weighted by atomic mass is 32.2. The van der Waals surface area contributed by atoms with Crippen molar-refractivity contribution in [2.75, 3.05) is 13.7 Å². The summed E-state index contributed by atoms with van der Waals surface area (Å²) in [6.07, 6.45) is 4.02. The van der Waals surface area contributed by atoms with E-state index in [2.05, 4.69) is 5.10 Å². The van der Waals surface area contributed by atoms with Crippen LogP contribution in [0.4, 0.5) is 0 Å². The van der Waals surface area contributed by atoms with Crippen molar-refractivity contribution in [1.82, 2.24) is 9.78 Å². The van der Waals surface area contributed by atoms with Crippen molar-refractivity contribution in [1.29, 1.82) is 0 Å². The number of hydrogen-bond acceptors (Lipinski definition) is 4. The second kappa shape index (κ2) is 4.94. The predicted molar refractivity (Wildman–Crippen MR) is 56.7 cm³/mol. The summed E-state index contributed by atoms with van der Waals surface area (Å²) in [6, 6.07) is 0. The molecule has 0 amide bonds. The van der Waals surface area contributed by atoms with E-state index < -0.39 is 11.1 Å². The summed E-state index contributed by atoms with van der Waals surface area (Å²) in [5, 5.41) is 4.21. The van der Waals surface area contributed by atoms with E-state index in [1.165, 1.54) is 18.0 Å². The molecule has 1 aliphatic heterocycles. The van der Waals surface area contributed by atoms with Crippen LogP contribution in [0.3, 0.4) is 0 Å². The quantitative estimate of drug-likeness (QED) is 0.810. The van der Waals surface area contributed by atoms with Crippen molar-refractivity contribution in [3.05, 3.63) is 6.20 Å². The van der Waals surface area contributed by atoms with Crippen LogP contribution in [0, 0.1) is 0 Å². The molecule has 90 valence electrons. The summed E-state index contributed by atoms with van der Waals surface area (Å²) >= 11 is -2.13. The highest BCUT2D eigenvalue weighted by Crippen LogP contribution is 2.29. The van der Waals surface area contributed by atoms with E-state index in [1.807, 2.05) is 0 Å². The summed E-state index contributed by atoms with van der Waals surface area (Å²) in [5.41, 5.74) is 0. The molecule has 0 spiro atoms. The molecule has 0 bridgehead atoms. The second-order valence-corrected chi connectivity index (χ2v) is 4.42. The Morgan fingerprint density at radius 2 is 2.50 bits per heavy atom. The maximum absolute atomic E-state index is 11.2. The Hall–Kier alpha value is -0.920. The van der Waals surface area contributed by atoms with Crippen LogP contribution in [0.2, 0.25) is 0 Å². The molecule has 1 N–H and O–H groups in total. The second-order valence-electron chi connectivity index (χ2n) is 3.53. The fourth-order valence-electron chi connectivity index (χ4n) is 1.76. The van der Waals surface area contributed by atoms with Crippen LogP contribution >= 0.6 is 0 Å². The van der Waals surface area contributed by atoms with Gasteiger partial charge in [-0.3, -0.25) is 0 Å². The number of hydrogen-bond donors (Lipinski definition) is 1. The minimum Gasteiger partial charge on any atom is -0.492 e. The average molecular weight is 246 g/mol. The first-order valence-corrected chi connectivity index (χ1v) is 6.18. The number of nitrogens with zero attached hydrogens (tertiary/aromatic N) is 2. The molecule has 7 heteroatoms. The van der Waals surface area contributed by atoms with E-state index in [0.717, 1.165) is 19.3 Å². The molecule has 2 unspecified atom stereocenters. The molecule has 2 atom stereocenters. The van der Waals surface area contributed by atoms with E-state index in [1.54, 1.807) is 0 Å². The molecule has 16 heavy (non-hydrogen) atoms. The van der Waals surface area contributed by atoms with E-state index >= 15 is 0 Å². The van der Waals surface area contributed by atoms with Crippen LogP contribution in [0.15, 0.2) is 11.2 Å². The van der Waals surface area contributed by atoms with Gasteiger partial charge in [0.15, 0.2) is 17.0 Å². The van der Waals surface area contributed by atoms with E-state index in [0.29, 0.717) is 12.4 Å². The smallest absolute Gasteiger partial charge is 0.209 e. The highest BCUT2D eigenvalue weighted by molar-refractivity contribution is 7.79. The lowest BCUT2D eigenvalue weighted by molar-refractivity contribution is -0.0452. The summed E-state index contributed by atoms with van der Waals surface area (Å²) < 4.78 is 32.4. The molecule has 0 radical (unpaired) electrons. The Labute approximate surface area is 95.8 Å². The molecule has 1 aliphatic rings. The molecule has 2 heterocycles. The third-order valence-corrected chi connectivity index (χ3v) is 3.25. The highest BCUT2D eigenvalue weighted by Gasteiger charge is 2.24. The molecule has 1 aromatic rings. The first-order valence-electron chi connectivity index (χ1n) is 5.08. The SMILES string of the molecule is COc1cnn(C2CCCCO2)c1S(=O)O. The Bertz CT molecular complexity index is 387. The fourth-order valence-corrected chi connectivity index (χ4v) is 2.40. The van der Waals surface area contributed by atoms with Gasteiger partial charge >= 0.3 is 0 Å². The maximum atomic E-state index is 11.2. The van der Waals surface area contributed by atoms with E-state index in [-0.39, 0.29) is 11.3 Å². The first kappa shape index (κ1) is 11.6. The lowest BCUT2D eigenvalue weighted by atomic mass is 10.2. The molecule has 0 aromatic carbocycles. The Morgan fingerprint density at radius 1 is 1.69 bits per heavy atom. The molecular weight excluding hydrogens is 232 g/mol. The van der Waals surface area contributed by atoms with Gasteiger partial charge in [-0.2, -0.15) is 5.10 Å². The standard InChI is InChI=1S/C9H14N2O4S/c1-14-7-6-10-11(9(7)16(12)13)8-4-2-3-5-15-8/h6,8H,2-5H2,1H3,(H,12,13). The van der Waals surface area contributed by atoms with Gasteiger partial charge in [0.25, 0.3) is 0 Å². The zero-order valence-corrected chi connectivity index (χ0v) is 9.77. The fraction of sp³-hybridized carbons (Fsp3) is 0.667. The Balaban J connectivity index is 2.32. The van der Waals surface area contributed by atoms with Crippen LogP contribution in [0.25, 0.3) is 0 Å². The van der Waals surface area contributed by atoms with Gasteiger partial charge in [-0.05, 0) is 19.3 Å². The van der Waals surface area contributed by atoms with Crippen LogP contribution in [0.1, 0.15) is 25.5 Å². The topological polar surface area (TPSA) is 73.6 Å². The van der Waals surface area contributed by atoms with E-state index in [4.69, 9.17) is 9.47 Å². The number of methoxy groups -OCH3 is 1. The van der Waals surface area contributed by atoms with Crippen molar-refractivity contribution < 1.29 is 18.2 Å². The number of ether oxygens (including phenoxy) is 2. The van der Waals surface area contributed by atoms with Gasteiger partial charge < -0.3 is 14.0 Å². The molecule has 1 saturated heterocycles. The zero-order chi connectivity index (χ0) is 11.5. The lowest BCUT2D eigenvalue weighted by Gasteiger charge is -2.23. The molecule has 0 saturated carbocycles. The molecule has 6 nitrogen and oxygen atoms in total. The summed E-state index contributed by atoms with van der Waals surface area (Å²) in [6.45, 7) is 0.657. The van der Waals surface area contributed by atoms with Crippen LogP contribution in [0.5, 0.6) is 5.75 Å². The van der Waals surface area contributed by atoms with Gasteiger partial charge in [-0.15, -0.1) is 0 Å². The molecule has 0 aliphatic carbocycles. The van der Waals surface area contributed by atoms with Gasteiger partial charge in [0.1, 0.15) is 0 Å². The van der Waals surface area contributed by atoms with Crippen molar-refractivity contribution in [2.24, 2.45) is 0 Å².